The van der Waals surface area contributed by atoms with Crippen molar-refractivity contribution in [3.8, 4) is 17.2 Å². The molecule has 0 aromatic heterocycles. The maximum atomic E-state index is 12.3. The number of sulfone groups is 1. The van der Waals surface area contributed by atoms with E-state index in [1.807, 2.05) is 0 Å². The first-order valence-electron chi connectivity index (χ1n) is 7.45. The van der Waals surface area contributed by atoms with Crippen molar-refractivity contribution in [1.29, 1.82) is 0 Å². The van der Waals surface area contributed by atoms with E-state index in [0.29, 0.717) is 0 Å². The number of rotatable bonds is 9. The highest BCUT2D eigenvalue weighted by Gasteiger charge is 2.19. The lowest BCUT2D eigenvalue weighted by atomic mass is 10.1. The fourth-order valence-corrected chi connectivity index (χ4v) is 2.77. The van der Waals surface area contributed by atoms with Gasteiger partial charge in [0.05, 0.1) is 27.1 Å². The number of carboxylic acids is 1. The highest BCUT2D eigenvalue weighted by molar-refractivity contribution is 7.90. The van der Waals surface area contributed by atoms with Crippen molar-refractivity contribution >= 4 is 27.4 Å². The lowest BCUT2D eigenvalue weighted by Gasteiger charge is -2.13. The van der Waals surface area contributed by atoms with Crippen LogP contribution in [0.3, 0.4) is 0 Å². The van der Waals surface area contributed by atoms with Crippen LogP contribution in [0.15, 0.2) is 17.1 Å². The summed E-state index contributed by atoms with van der Waals surface area (Å²) in [7, 11) is 0.931. The Morgan fingerprint density at radius 2 is 1.62 bits per heavy atom. The second kappa shape index (κ2) is 9.18. The molecule has 0 bridgehead atoms. The Morgan fingerprint density at radius 1 is 1.08 bits per heavy atom. The van der Waals surface area contributed by atoms with Crippen LogP contribution >= 0.6 is 0 Å². The number of aliphatic imine (C=N–C) groups is 1. The van der Waals surface area contributed by atoms with Crippen molar-refractivity contribution in [2.75, 3.05) is 33.3 Å². The molecule has 1 aromatic rings. The van der Waals surface area contributed by atoms with E-state index in [9.17, 15) is 23.1 Å². The summed E-state index contributed by atoms with van der Waals surface area (Å²) in [6.45, 7) is 0. The van der Waals surface area contributed by atoms with E-state index in [2.05, 4.69) is 4.99 Å². The van der Waals surface area contributed by atoms with E-state index in [4.69, 9.17) is 14.2 Å². The molecule has 1 aromatic carbocycles. The van der Waals surface area contributed by atoms with Crippen molar-refractivity contribution in [3.05, 3.63) is 17.7 Å². The van der Waals surface area contributed by atoms with Crippen molar-refractivity contribution in [2.45, 2.75) is 12.8 Å². The third kappa shape index (κ3) is 6.03. The Hall–Kier alpha value is -2.62. The highest BCUT2D eigenvalue weighted by Crippen LogP contribution is 2.38. The van der Waals surface area contributed by atoms with Crippen LogP contribution in [0.25, 0.3) is 0 Å². The fourth-order valence-electron chi connectivity index (χ4n) is 2.10. The fraction of sp³-hybridized carbons (Fsp3) is 0.438. The van der Waals surface area contributed by atoms with Gasteiger partial charge in [0.2, 0.25) is 5.75 Å². The largest absolute Gasteiger partial charge is 0.493 e. The van der Waals surface area contributed by atoms with Gasteiger partial charge in [-0.15, -0.1) is 0 Å². The molecule has 0 atom stereocenters. The van der Waals surface area contributed by atoms with Gasteiger partial charge in [0.15, 0.2) is 11.5 Å². The zero-order chi connectivity index (χ0) is 19.9. The zero-order valence-corrected chi connectivity index (χ0v) is 15.8. The smallest absolute Gasteiger partial charge is 0.350 e. The summed E-state index contributed by atoms with van der Waals surface area (Å²) in [6.07, 6.45) is 0.941. The topological polar surface area (TPSA) is 129 Å². The number of aliphatic carboxylic acids is 1. The number of ether oxygens (including phenoxy) is 3. The van der Waals surface area contributed by atoms with Gasteiger partial charge in [0, 0.05) is 11.8 Å². The molecule has 0 radical (unpaired) electrons. The minimum atomic E-state index is -3.23. The van der Waals surface area contributed by atoms with Crippen LogP contribution < -0.4 is 14.2 Å². The summed E-state index contributed by atoms with van der Waals surface area (Å²) in [6, 6.07) is 2.70. The Kier molecular flexibility index (Phi) is 7.56. The van der Waals surface area contributed by atoms with Crippen molar-refractivity contribution < 1.29 is 37.3 Å². The average Bonchev–Trinajstić information content (AvgIpc) is 2.57. The number of amides is 1. The molecule has 144 valence electrons. The predicted molar refractivity (Wildman–Crippen MR) is 94.4 cm³/mol. The van der Waals surface area contributed by atoms with Gasteiger partial charge < -0.3 is 19.3 Å². The van der Waals surface area contributed by atoms with Gasteiger partial charge in [-0.05, 0) is 25.0 Å². The Bertz CT molecular complexity index is 789. The summed E-state index contributed by atoms with van der Waals surface area (Å²) >= 11 is 0. The number of nitrogens with zero attached hydrogens (tertiary/aromatic N) is 1. The minimum Gasteiger partial charge on any atom is -0.493 e. The number of hydrogen-bond acceptors (Lipinski definition) is 7. The molecule has 0 aliphatic heterocycles. The van der Waals surface area contributed by atoms with E-state index >= 15 is 0 Å². The minimum absolute atomic E-state index is 0.0429. The Morgan fingerprint density at radius 3 is 2.00 bits per heavy atom. The second-order valence-electron chi connectivity index (χ2n) is 5.32. The Labute approximate surface area is 151 Å². The van der Waals surface area contributed by atoms with Crippen LogP contribution in [0.1, 0.15) is 23.2 Å². The lowest BCUT2D eigenvalue weighted by Crippen LogP contribution is -2.17. The molecule has 9 nitrogen and oxygen atoms in total. The van der Waals surface area contributed by atoms with E-state index in [-0.39, 0.29) is 41.4 Å². The maximum absolute atomic E-state index is 12.3. The average molecular weight is 387 g/mol. The molecule has 0 saturated heterocycles. The van der Waals surface area contributed by atoms with Gasteiger partial charge in [-0.2, -0.15) is 0 Å². The number of methoxy groups -OCH3 is 3. The van der Waals surface area contributed by atoms with E-state index < -0.39 is 27.4 Å². The van der Waals surface area contributed by atoms with E-state index in [1.165, 1.54) is 33.5 Å². The zero-order valence-electron chi connectivity index (χ0n) is 14.9. The monoisotopic (exact) mass is 387 g/mol. The maximum Gasteiger partial charge on any atom is 0.350 e. The van der Waals surface area contributed by atoms with Gasteiger partial charge in [-0.25, -0.2) is 18.2 Å². The van der Waals surface area contributed by atoms with E-state index in [0.717, 1.165) is 6.26 Å². The van der Waals surface area contributed by atoms with Gasteiger partial charge in [0.1, 0.15) is 15.5 Å². The van der Waals surface area contributed by atoms with Crippen LogP contribution in [0.5, 0.6) is 17.2 Å². The molecule has 0 spiro atoms. The number of hydrogen-bond donors (Lipinski definition) is 1. The molecule has 0 fully saturated rings. The summed E-state index contributed by atoms with van der Waals surface area (Å²) in [5.41, 5.74) is -0.381. The van der Waals surface area contributed by atoms with Crippen molar-refractivity contribution in [3.63, 3.8) is 0 Å². The van der Waals surface area contributed by atoms with Crippen LogP contribution in [-0.2, 0) is 14.6 Å². The molecule has 0 aliphatic rings. The molecule has 10 heteroatoms. The van der Waals surface area contributed by atoms with Crippen LogP contribution in [0, 0.1) is 0 Å². The van der Waals surface area contributed by atoms with Gasteiger partial charge in [-0.1, -0.05) is 0 Å². The first kappa shape index (κ1) is 21.4. The summed E-state index contributed by atoms with van der Waals surface area (Å²) in [5.74, 6) is -1.68. The first-order valence-corrected chi connectivity index (χ1v) is 9.52. The quantitative estimate of drug-likeness (QED) is 0.626. The molecular weight excluding hydrogens is 366 g/mol. The lowest BCUT2D eigenvalue weighted by molar-refractivity contribution is -0.129. The Balaban J connectivity index is 3.15. The molecule has 1 rings (SSSR count). The molecule has 1 N–H and O–H groups in total. The SMILES string of the molecule is COc1cc(C(=O)/N=C(/CCCS(C)(=O)=O)C(=O)O)cc(OC)c1OC. The highest BCUT2D eigenvalue weighted by atomic mass is 32.2. The van der Waals surface area contributed by atoms with Crippen molar-refractivity contribution in [2.24, 2.45) is 4.99 Å². The van der Waals surface area contributed by atoms with Crippen LogP contribution in [0.4, 0.5) is 0 Å². The van der Waals surface area contributed by atoms with Gasteiger partial charge in [0.25, 0.3) is 5.91 Å². The van der Waals surface area contributed by atoms with Gasteiger partial charge in [-0.3, -0.25) is 4.79 Å². The number of carboxylic acid groups (broad SMARTS) is 1. The molecule has 26 heavy (non-hydrogen) atoms. The number of carbonyl (C=O) groups excluding carboxylic acids is 1. The summed E-state index contributed by atoms with van der Waals surface area (Å²) in [5, 5.41) is 9.18. The standard InChI is InChI=1S/C16H21NO8S/c1-23-12-8-10(9-13(24-2)14(12)25-3)15(18)17-11(16(19)20)6-5-7-26(4,21)22/h8-9H,5-7H2,1-4H3,(H,19,20)/b17-11-. The van der Waals surface area contributed by atoms with Crippen molar-refractivity contribution in [1.82, 2.24) is 0 Å². The third-order valence-electron chi connectivity index (χ3n) is 3.32. The molecule has 0 heterocycles. The summed E-state index contributed by atoms with van der Waals surface area (Å²) in [4.78, 5) is 27.2. The summed E-state index contributed by atoms with van der Waals surface area (Å²) < 4.78 is 37.7. The molecule has 0 saturated carbocycles. The predicted octanol–water partition coefficient (Wildman–Crippen LogP) is 1.20. The van der Waals surface area contributed by atoms with Gasteiger partial charge >= 0.3 is 5.97 Å². The molecule has 1 amide bonds. The third-order valence-corrected chi connectivity index (χ3v) is 4.35. The van der Waals surface area contributed by atoms with E-state index in [1.54, 1.807) is 0 Å². The molecule has 0 aliphatic carbocycles. The molecule has 0 unspecified atom stereocenters. The molecular formula is C16H21NO8S. The first-order chi connectivity index (χ1) is 12.1. The van der Waals surface area contributed by atoms with Crippen LogP contribution in [0.2, 0.25) is 0 Å². The second-order valence-corrected chi connectivity index (χ2v) is 7.58. The number of benzene rings is 1. The van der Waals surface area contributed by atoms with Crippen LogP contribution in [-0.4, -0.2) is 64.5 Å². The normalized spacial score (nSPS) is 11.8. The number of carbonyl (C=O) groups is 2.